The molecular weight excluding hydrogens is 334 g/mol. The third kappa shape index (κ3) is 3.59. The summed E-state index contributed by atoms with van der Waals surface area (Å²) in [7, 11) is 0. The topological polar surface area (TPSA) is 35.6 Å². The van der Waals surface area contributed by atoms with E-state index in [-0.39, 0.29) is 5.91 Å². The van der Waals surface area contributed by atoms with Crippen molar-refractivity contribution in [2.75, 3.05) is 31.1 Å². The van der Waals surface area contributed by atoms with Crippen molar-refractivity contribution in [3.63, 3.8) is 0 Å². The Hall–Kier alpha value is -2.33. The summed E-state index contributed by atoms with van der Waals surface area (Å²) >= 11 is 0. The van der Waals surface area contributed by atoms with Crippen LogP contribution in [0.4, 0.5) is 5.69 Å². The van der Waals surface area contributed by atoms with Crippen LogP contribution in [0.25, 0.3) is 0 Å². The summed E-state index contributed by atoms with van der Waals surface area (Å²) in [5.41, 5.74) is 7.17. The number of anilines is 1. The number of benzene rings is 2. The molecule has 2 heterocycles. The van der Waals surface area contributed by atoms with E-state index in [0.29, 0.717) is 19.0 Å². The number of piperazine rings is 1. The molecule has 2 aromatic carbocycles. The van der Waals surface area contributed by atoms with Crippen LogP contribution in [0.15, 0.2) is 36.4 Å². The first-order valence-electron chi connectivity index (χ1n) is 10.00. The van der Waals surface area contributed by atoms with Gasteiger partial charge in [0.05, 0.1) is 0 Å². The standard InChI is InChI=1S/C23H29N3O/c1-16(2)22-13-18(5-4-17(22)3)23(27)26-14-19-6-7-21(12-20(19)15-26)25-10-8-24-9-11-25/h4-7,12-13,16,24H,8-11,14-15H2,1-3H3. The Morgan fingerprint density at radius 3 is 2.48 bits per heavy atom. The Balaban J connectivity index is 1.52. The normalized spacial score (nSPS) is 16.7. The molecule has 142 valence electrons. The quantitative estimate of drug-likeness (QED) is 0.903. The zero-order valence-electron chi connectivity index (χ0n) is 16.6. The number of rotatable bonds is 3. The van der Waals surface area contributed by atoms with Gasteiger partial charge in [-0.05, 0) is 59.4 Å². The van der Waals surface area contributed by atoms with E-state index in [1.165, 1.54) is 27.9 Å². The molecule has 0 saturated carbocycles. The summed E-state index contributed by atoms with van der Waals surface area (Å²) in [6.45, 7) is 12.1. The molecule has 4 rings (SSSR count). The fraction of sp³-hybridized carbons (Fsp3) is 0.435. The Bertz CT molecular complexity index is 853. The highest BCUT2D eigenvalue weighted by atomic mass is 16.2. The second-order valence-corrected chi connectivity index (χ2v) is 8.08. The molecule has 1 saturated heterocycles. The molecule has 0 bridgehead atoms. The van der Waals surface area contributed by atoms with Crippen molar-refractivity contribution < 1.29 is 4.79 Å². The summed E-state index contributed by atoms with van der Waals surface area (Å²) in [6.07, 6.45) is 0. The average molecular weight is 364 g/mol. The van der Waals surface area contributed by atoms with Crippen molar-refractivity contribution in [2.45, 2.75) is 39.8 Å². The van der Waals surface area contributed by atoms with E-state index < -0.39 is 0 Å². The predicted octanol–water partition coefficient (Wildman–Crippen LogP) is 3.68. The van der Waals surface area contributed by atoms with Crippen LogP contribution in [-0.2, 0) is 13.1 Å². The number of nitrogens with zero attached hydrogens (tertiary/aromatic N) is 2. The highest BCUT2D eigenvalue weighted by molar-refractivity contribution is 5.95. The smallest absolute Gasteiger partial charge is 0.254 e. The van der Waals surface area contributed by atoms with E-state index in [1.54, 1.807) is 0 Å². The largest absolute Gasteiger partial charge is 0.369 e. The highest BCUT2D eigenvalue weighted by Crippen LogP contribution is 2.29. The average Bonchev–Trinajstić information content (AvgIpc) is 3.11. The SMILES string of the molecule is Cc1ccc(C(=O)N2Cc3ccc(N4CCNCC4)cc3C2)cc1C(C)C. The van der Waals surface area contributed by atoms with E-state index in [9.17, 15) is 4.79 Å². The molecule has 2 aliphatic rings. The van der Waals surface area contributed by atoms with E-state index in [1.807, 2.05) is 11.0 Å². The Morgan fingerprint density at radius 2 is 1.74 bits per heavy atom. The maximum Gasteiger partial charge on any atom is 0.254 e. The number of nitrogens with one attached hydrogen (secondary N) is 1. The van der Waals surface area contributed by atoms with Gasteiger partial charge in [-0.1, -0.05) is 26.0 Å². The Kier molecular flexibility index (Phi) is 4.92. The lowest BCUT2D eigenvalue weighted by atomic mass is 9.95. The second-order valence-electron chi connectivity index (χ2n) is 8.08. The van der Waals surface area contributed by atoms with Crippen molar-refractivity contribution in [3.05, 3.63) is 64.2 Å². The summed E-state index contributed by atoms with van der Waals surface area (Å²) in [5, 5.41) is 3.40. The van der Waals surface area contributed by atoms with Gasteiger partial charge in [-0.15, -0.1) is 0 Å². The molecule has 0 unspecified atom stereocenters. The van der Waals surface area contributed by atoms with Crippen molar-refractivity contribution >= 4 is 11.6 Å². The second kappa shape index (κ2) is 7.35. The van der Waals surface area contributed by atoms with Crippen LogP contribution in [-0.4, -0.2) is 37.0 Å². The van der Waals surface area contributed by atoms with Gasteiger partial charge in [0.15, 0.2) is 0 Å². The van der Waals surface area contributed by atoms with Crippen molar-refractivity contribution in [2.24, 2.45) is 0 Å². The van der Waals surface area contributed by atoms with Crippen LogP contribution in [0.2, 0.25) is 0 Å². The van der Waals surface area contributed by atoms with E-state index in [4.69, 9.17) is 0 Å². The lowest BCUT2D eigenvalue weighted by molar-refractivity contribution is 0.0751. The zero-order chi connectivity index (χ0) is 19.0. The molecule has 2 aliphatic heterocycles. The first-order valence-corrected chi connectivity index (χ1v) is 10.00. The molecule has 4 nitrogen and oxygen atoms in total. The molecular formula is C23H29N3O. The predicted molar refractivity (Wildman–Crippen MR) is 110 cm³/mol. The van der Waals surface area contributed by atoms with Gasteiger partial charge >= 0.3 is 0 Å². The number of amides is 1. The van der Waals surface area contributed by atoms with Crippen molar-refractivity contribution in [3.8, 4) is 0 Å². The molecule has 4 heteroatoms. The molecule has 0 aromatic heterocycles. The molecule has 0 atom stereocenters. The number of carbonyl (C=O) groups excluding carboxylic acids is 1. The van der Waals surface area contributed by atoms with Gasteiger partial charge in [0.1, 0.15) is 0 Å². The van der Waals surface area contributed by atoms with Gasteiger partial charge < -0.3 is 15.1 Å². The fourth-order valence-electron chi connectivity index (χ4n) is 4.22. The number of hydrogen-bond donors (Lipinski definition) is 1. The molecule has 0 spiro atoms. The van der Waals surface area contributed by atoms with E-state index in [2.05, 4.69) is 61.3 Å². The zero-order valence-corrected chi connectivity index (χ0v) is 16.6. The first kappa shape index (κ1) is 18.1. The van der Waals surface area contributed by atoms with Crippen LogP contribution in [0.3, 0.4) is 0 Å². The van der Waals surface area contributed by atoms with Gasteiger partial charge in [-0.25, -0.2) is 0 Å². The minimum atomic E-state index is 0.136. The molecule has 0 aliphatic carbocycles. The third-order valence-electron chi connectivity index (χ3n) is 5.83. The number of carbonyl (C=O) groups is 1. The summed E-state index contributed by atoms with van der Waals surface area (Å²) < 4.78 is 0. The van der Waals surface area contributed by atoms with Crippen LogP contribution in [0.5, 0.6) is 0 Å². The first-order chi connectivity index (χ1) is 13.0. The lowest BCUT2D eigenvalue weighted by Gasteiger charge is -2.29. The van der Waals surface area contributed by atoms with Gasteiger partial charge in [0.2, 0.25) is 0 Å². The molecule has 0 radical (unpaired) electrons. The Morgan fingerprint density at radius 1 is 1.00 bits per heavy atom. The summed E-state index contributed by atoms with van der Waals surface area (Å²) in [4.78, 5) is 17.5. The van der Waals surface area contributed by atoms with Crippen molar-refractivity contribution in [1.29, 1.82) is 0 Å². The van der Waals surface area contributed by atoms with Gasteiger partial charge in [-0.2, -0.15) is 0 Å². The van der Waals surface area contributed by atoms with E-state index in [0.717, 1.165) is 31.7 Å². The van der Waals surface area contributed by atoms with Gasteiger partial charge in [0, 0.05) is 50.5 Å². The molecule has 1 N–H and O–H groups in total. The maximum atomic E-state index is 13.1. The summed E-state index contributed by atoms with van der Waals surface area (Å²) in [5.74, 6) is 0.562. The summed E-state index contributed by atoms with van der Waals surface area (Å²) in [6, 6.07) is 12.8. The fourth-order valence-corrected chi connectivity index (χ4v) is 4.22. The van der Waals surface area contributed by atoms with Crippen LogP contribution in [0, 0.1) is 6.92 Å². The minimum absolute atomic E-state index is 0.136. The van der Waals surface area contributed by atoms with Crippen LogP contribution in [0.1, 0.15) is 52.4 Å². The monoisotopic (exact) mass is 363 g/mol. The van der Waals surface area contributed by atoms with Crippen LogP contribution >= 0.6 is 0 Å². The number of aryl methyl sites for hydroxylation is 1. The number of fused-ring (bicyclic) bond motifs is 1. The number of hydrogen-bond acceptors (Lipinski definition) is 3. The molecule has 2 aromatic rings. The Labute approximate surface area is 162 Å². The molecule has 27 heavy (non-hydrogen) atoms. The lowest BCUT2D eigenvalue weighted by Crippen LogP contribution is -2.43. The van der Waals surface area contributed by atoms with E-state index >= 15 is 0 Å². The van der Waals surface area contributed by atoms with Gasteiger partial charge in [-0.3, -0.25) is 4.79 Å². The van der Waals surface area contributed by atoms with Crippen LogP contribution < -0.4 is 10.2 Å². The van der Waals surface area contributed by atoms with Crippen molar-refractivity contribution in [1.82, 2.24) is 10.2 Å². The minimum Gasteiger partial charge on any atom is -0.369 e. The van der Waals surface area contributed by atoms with Gasteiger partial charge in [0.25, 0.3) is 5.91 Å². The third-order valence-corrected chi connectivity index (χ3v) is 5.83. The highest BCUT2D eigenvalue weighted by Gasteiger charge is 2.25. The molecule has 1 fully saturated rings. The maximum absolute atomic E-state index is 13.1. The molecule has 1 amide bonds.